The fourth-order valence-corrected chi connectivity index (χ4v) is 2.19. The van der Waals surface area contributed by atoms with Crippen molar-refractivity contribution < 1.29 is 8.91 Å². The van der Waals surface area contributed by atoms with E-state index >= 15 is 0 Å². The minimum atomic E-state index is -0.307. The normalized spacial score (nSPS) is 10.9. The van der Waals surface area contributed by atoms with Crippen LogP contribution < -0.4 is 0 Å². The molecular weight excluding hydrogens is 283 g/mol. The maximum atomic E-state index is 12.8. The summed E-state index contributed by atoms with van der Waals surface area (Å²) in [6, 6.07) is 5.87. The third kappa shape index (κ3) is 2.67. The Morgan fingerprint density at radius 3 is 2.80 bits per heavy atom. The Kier molecular flexibility index (Phi) is 3.42. The molecule has 0 N–H and O–H groups in total. The molecule has 0 fully saturated rings. The second-order valence-corrected chi connectivity index (χ2v) is 4.84. The predicted molar refractivity (Wildman–Crippen MR) is 68.1 cm³/mol. The van der Waals surface area contributed by atoms with Gasteiger partial charge in [0.2, 0.25) is 5.16 Å². The zero-order valence-corrected chi connectivity index (χ0v) is 11.2. The van der Waals surface area contributed by atoms with Gasteiger partial charge >= 0.3 is 0 Å². The number of thioether (sulfide) groups is 1. The third-order valence-corrected chi connectivity index (χ3v) is 3.48. The minimum Gasteiger partial charge on any atom is -0.334 e. The number of benzene rings is 1. The van der Waals surface area contributed by atoms with Crippen LogP contribution >= 0.6 is 11.8 Å². The number of aryl methyl sites for hydroxylation is 1. The number of halogens is 1. The van der Waals surface area contributed by atoms with Gasteiger partial charge in [0, 0.05) is 12.6 Å². The van der Waals surface area contributed by atoms with Crippen molar-refractivity contribution in [3.63, 3.8) is 0 Å². The topological polar surface area (TPSA) is 82.5 Å². The second-order valence-electron chi connectivity index (χ2n) is 3.90. The van der Waals surface area contributed by atoms with E-state index in [1.165, 1.54) is 23.9 Å². The van der Waals surface area contributed by atoms with Crippen molar-refractivity contribution >= 4 is 11.8 Å². The summed E-state index contributed by atoms with van der Waals surface area (Å²) in [4.78, 5) is 4.24. The van der Waals surface area contributed by atoms with Crippen LogP contribution in [0.3, 0.4) is 0 Å². The number of nitrogens with zero attached hydrogens (tertiary/aromatic N) is 6. The molecule has 3 rings (SSSR count). The summed E-state index contributed by atoms with van der Waals surface area (Å²) < 4.78 is 19.5. The van der Waals surface area contributed by atoms with Gasteiger partial charge in [0.15, 0.2) is 5.82 Å². The second kappa shape index (κ2) is 5.37. The molecule has 1 aromatic carbocycles. The SMILES string of the molecule is Cn1nnnc1SCc1noc(-c2ccc(F)cc2)n1. The molecule has 20 heavy (non-hydrogen) atoms. The van der Waals surface area contributed by atoms with E-state index in [2.05, 4.69) is 25.7 Å². The summed E-state index contributed by atoms with van der Waals surface area (Å²) in [5.74, 6) is 1.06. The molecule has 9 heteroatoms. The van der Waals surface area contributed by atoms with Crippen LogP contribution in [0.25, 0.3) is 11.5 Å². The molecule has 0 amide bonds. The Morgan fingerprint density at radius 2 is 2.10 bits per heavy atom. The van der Waals surface area contributed by atoms with Crippen LogP contribution in [0.4, 0.5) is 4.39 Å². The number of tetrazole rings is 1. The van der Waals surface area contributed by atoms with Crippen molar-refractivity contribution in [3.8, 4) is 11.5 Å². The molecular formula is C11H9FN6OS. The molecule has 0 aliphatic rings. The summed E-state index contributed by atoms with van der Waals surface area (Å²) in [6.45, 7) is 0. The number of aromatic nitrogens is 6. The lowest BCUT2D eigenvalue weighted by atomic mass is 10.2. The van der Waals surface area contributed by atoms with Gasteiger partial charge in [0.25, 0.3) is 5.89 Å². The molecule has 0 saturated heterocycles. The van der Waals surface area contributed by atoms with E-state index < -0.39 is 0 Å². The first kappa shape index (κ1) is 12.7. The Balaban J connectivity index is 1.71. The van der Waals surface area contributed by atoms with E-state index in [1.54, 1.807) is 23.9 Å². The van der Waals surface area contributed by atoms with Crippen molar-refractivity contribution in [2.45, 2.75) is 10.9 Å². The summed E-state index contributed by atoms with van der Waals surface area (Å²) in [5.41, 5.74) is 0.676. The molecule has 0 saturated carbocycles. The molecule has 0 unspecified atom stereocenters. The van der Waals surface area contributed by atoms with Gasteiger partial charge in [0.05, 0.1) is 5.75 Å². The first-order valence-electron chi connectivity index (χ1n) is 5.66. The summed E-state index contributed by atoms with van der Waals surface area (Å²) in [5, 5.41) is 15.6. The van der Waals surface area contributed by atoms with E-state index in [0.29, 0.717) is 28.2 Å². The summed E-state index contributed by atoms with van der Waals surface area (Å²) in [6.07, 6.45) is 0. The summed E-state index contributed by atoms with van der Waals surface area (Å²) in [7, 11) is 1.75. The van der Waals surface area contributed by atoms with Crippen molar-refractivity contribution in [2.75, 3.05) is 0 Å². The number of hydrogen-bond donors (Lipinski definition) is 0. The number of hydrogen-bond acceptors (Lipinski definition) is 7. The Bertz CT molecular complexity index is 710. The molecule has 7 nitrogen and oxygen atoms in total. The van der Waals surface area contributed by atoms with Crippen LogP contribution in [-0.2, 0) is 12.8 Å². The minimum absolute atomic E-state index is 0.307. The highest BCUT2D eigenvalue weighted by molar-refractivity contribution is 7.98. The highest BCUT2D eigenvalue weighted by Gasteiger charge is 2.11. The van der Waals surface area contributed by atoms with Crippen LogP contribution in [0.1, 0.15) is 5.82 Å². The van der Waals surface area contributed by atoms with Crippen LogP contribution in [0.2, 0.25) is 0 Å². The van der Waals surface area contributed by atoms with Gasteiger partial charge in [-0.1, -0.05) is 16.9 Å². The first-order chi connectivity index (χ1) is 9.72. The van der Waals surface area contributed by atoms with Gasteiger partial charge in [-0.3, -0.25) is 0 Å². The van der Waals surface area contributed by atoms with Gasteiger partial charge in [0.1, 0.15) is 5.82 Å². The molecule has 0 radical (unpaired) electrons. The van der Waals surface area contributed by atoms with Crippen molar-refractivity contribution in [2.24, 2.45) is 7.05 Å². The number of rotatable bonds is 4. The highest BCUT2D eigenvalue weighted by atomic mass is 32.2. The molecule has 0 bridgehead atoms. The van der Waals surface area contributed by atoms with Gasteiger partial charge in [-0.15, -0.1) is 5.10 Å². The smallest absolute Gasteiger partial charge is 0.257 e. The van der Waals surface area contributed by atoms with Gasteiger partial charge in [-0.05, 0) is 34.7 Å². The fraction of sp³-hybridized carbons (Fsp3) is 0.182. The molecule has 3 aromatic rings. The van der Waals surface area contributed by atoms with Crippen LogP contribution in [0.5, 0.6) is 0 Å². The van der Waals surface area contributed by atoms with E-state index in [4.69, 9.17) is 4.52 Å². The lowest BCUT2D eigenvalue weighted by molar-refractivity contribution is 0.425. The lowest BCUT2D eigenvalue weighted by Crippen LogP contribution is -1.94. The zero-order chi connectivity index (χ0) is 13.9. The molecule has 0 spiro atoms. The van der Waals surface area contributed by atoms with Crippen LogP contribution in [0, 0.1) is 5.82 Å². The van der Waals surface area contributed by atoms with Crippen molar-refractivity contribution in [3.05, 3.63) is 35.9 Å². The average Bonchev–Trinajstić information content (AvgIpc) is 3.06. The lowest BCUT2D eigenvalue weighted by Gasteiger charge is -1.94. The highest BCUT2D eigenvalue weighted by Crippen LogP contribution is 2.21. The van der Waals surface area contributed by atoms with E-state index in [1.807, 2.05) is 0 Å². The maximum Gasteiger partial charge on any atom is 0.257 e. The van der Waals surface area contributed by atoms with Crippen LogP contribution in [0.15, 0.2) is 33.9 Å². The fourth-order valence-electron chi connectivity index (χ4n) is 1.49. The standard InChI is InChI=1S/C11H9FN6OS/c1-18-11(14-16-17-18)20-6-9-13-10(19-15-9)7-2-4-8(12)5-3-7/h2-5H,6H2,1H3. The van der Waals surface area contributed by atoms with Crippen LogP contribution in [-0.4, -0.2) is 30.3 Å². The summed E-state index contributed by atoms with van der Waals surface area (Å²) >= 11 is 1.40. The molecule has 0 aliphatic carbocycles. The van der Waals surface area contributed by atoms with Gasteiger partial charge < -0.3 is 4.52 Å². The molecule has 102 valence electrons. The van der Waals surface area contributed by atoms with Gasteiger partial charge in [-0.2, -0.15) is 4.98 Å². The Morgan fingerprint density at radius 1 is 1.30 bits per heavy atom. The quantitative estimate of drug-likeness (QED) is 0.677. The van der Waals surface area contributed by atoms with E-state index in [9.17, 15) is 4.39 Å². The molecule has 2 aromatic heterocycles. The predicted octanol–water partition coefficient (Wildman–Crippen LogP) is 1.69. The maximum absolute atomic E-state index is 12.8. The van der Waals surface area contributed by atoms with Crippen molar-refractivity contribution in [1.29, 1.82) is 0 Å². The molecule has 2 heterocycles. The average molecular weight is 292 g/mol. The zero-order valence-electron chi connectivity index (χ0n) is 10.4. The Hall–Kier alpha value is -2.29. The Labute approximate surface area is 117 Å². The van der Waals surface area contributed by atoms with Crippen molar-refractivity contribution in [1.82, 2.24) is 30.3 Å². The largest absolute Gasteiger partial charge is 0.334 e. The first-order valence-corrected chi connectivity index (χ1v) is 6.64. The van der Waals surface area contributed by atoms with E-state index in [0.717, 1.165) is 0 Å². The monoisotopic (exact) mass is 292 g/mol. The molecule has 0 aliphatic heterocycles. The van der Waals surface area contributed by atoms with Gasteiger partial charge in [-0.25, -0.2) is 9.07 Å². The third-order valence-electron chi connectivity index (χ3n) is 2.47. The van der Waals surface area contributed by atoms with E-state index in [-0.39, 0.29) is 5.82 Å². The molecule has 0 atom stereocenters.